The smallest absolute Gasteiger partial charge is 0.253 e. The average Bonchev–Trinajstić information content (AvgIpc) is 2.87. The SMILES string of the molecule is CCSC1CCC(N(C)C(=O)C2CNCCO2)C1.Cl. The molecule has 0 spiro atoms. The Morgan fingerprint density at radius 3 is 2.89 bits per heavy atom. The number of ether oxygens (including phenoxy) is 1. The van der Waals surface area contributed by atoms with E-state index in [4.69, 9.17) is 4.74 Å². The van der Waals surface area contributed by atoms with Crippen LogP contribution in [0.4, 0.5) is 0 Å². The maximum Gasteiger partial charge on any atom is 0.253 e. The van der Waals surface area contributed by atoms with Crippen LogP contribution in [0.2, 0.25) is 0 Å². The van der Waals surface area contributed by atoms with E-state index in [1.54, 1.807) is 0 Å². The molecule has 0 aromatic heterocycles. The topological polar surface area (TPSA) is 41.6 Å². The van der Waals surface area contributed by atoms with Crippen molar-refractivity contribution in [3.63, 3.8) is 0 Å². The van der Waals surface area contributed by atoms with Crippen LogP contribution < -0.4 is 5.32 Å². The number of carbonyl (C=O) groups is 1. The van der Waals surface area contributed by atoms with E-state index in [1.165, 1.54) is 12.2 Å². The van der Waals surface area contributed by atoms with Crippen molar-refractivity contribution in [1.82, 2.24) is 10.2 Å². The minimum Gasteiger partial charge on any atom is -0.366 e. The number of rotatable bonds is 4. The van der Waals surface area contributed by atoms with Crippen LogP contribution in [0.5, 0.6) is 0 Å². The van der Waals surface area contributed by atoms with Crippen LogP contribution >= 0.6 is 24.2 Å². The Morgan fingerprint density at radius 2 is 2.26 bits per heavy atom. The minimum atomic E-state index is -0.276. The lowest BCUT2D eigenvalue weighted by Crippen LogP contribution is -2.50. The van der Waals surface area contributed by atoms with Gasteiger partial charge in [0.25, 0.3) is 5.91 Å². The molecule has 2 rings (SSSR count). The molecule has 4 nitrogen and oxygen atoms in total. The lowest BCUT2D eigenvalue weighted by molar-refractivity contribution is -0.145. The Balaban J connectivity index is 0.00000180. The molecule has 1 saturated heterocycles. The van der Waals surface area contributed by atoms with Gasteiger partial charge < -0.3 is 15.0 Å². The second-order valence-electron chi connectivity index (χ2n) is 5.06. The molecule has 6 heteroatoms. The van der Waals surface area contributed by atoms with Crippen molar-refractivity contribution >= 4 is 30.1 Å². The zero-order chi connectivity index (χ0) is 13.0. The maximum absolute atomic E-state index is 12.3. The third-order valence-corrected chi connectivity index (χ3v) is 5.09. The van der Waals surface area contributed by atoms with Gasteiger partial charge in [0, 0.05) is 31.4 Å². The fourth-order valence-corrected chi connectivity index (χ4v) is 3.92. The number of nitrogens with one attached hydrogen (secondary N) is 1. The summed E-state index contributed by atoms with van der Waals surface area (Å²) in [7, 11) is 1.93. The minimum absolute atomic E-state index is 0. The second kappa shape index (κ2) is 8.35. The fourth-order valence-electron chi connectivity index (χ4n) is 2.79. The van der Waals surface area contributed by atoms with E-state index in [1.807, 2.05) is 23.7 Å². The standard InChI is InChI=1S/C13H24N2O2S.ClH/c1-3-18-11-5-4-10(8-11)15(2)13(16)12-9-14-6-7-17-12;/h10-12,14H,3-9H2,1-2H3;1H. The zero-order valence-corrected chi connectivity index (χ0v) is 13.4. The van der Waals surface area contributed by atoms with Gasteiger partial charge in [-0.25, -0.2) is 0 Å². The lowest BCUT2D eigenvalue weighted by Gasteiger charge is -2.31. The molecule has 19 heavy (non-hydrogen) atoms. The molecule has 1 N–H and O–H groups in total. The van der Waals surface area contributed by atoms with Gasteiger partial charge in [-0.3, -0.25) is 4.79 Å². The first kappa shape index (κ1) is 17.1. The molecule has 112 valence electrons. The fraction of sp³-hybridized carbons (Fsp3) is 0.923. The van der Waals surface area contributed by atoms with Crippen LogP contribution in [0.1, 0.15) is 26.2 Å². The van der Waals surface area contributed by atoms with Gasteiger partial charge in [-0.2, -0.15) is 11.8 Å². The molecule has 0 bridgehead atoms. The average molecular weight is 309 g/mol. The van der Waals surface area contributed by atoms with E-state index in [-0.39, 0.29) is 24.4 Å². The summed E-state index contributed by atoms with van der Waals surface area (Å²) < 4.78 is 5.54. The number of likely N-dealkylation sites (N-methyl/N-ethyl adjacent to an activating group) is 1. The zero-order valence-electron chi connectivity index (χ0n) is 11.8. The number of carbonyl (C=O) groups excluding carboxylic acids is 1. The molecule has 1 aliphatic heterocycles. The first-order valence-electron chi connectivity index (χ1n) is 6.93. The predicted molar refractivity (Wildman–Crippen MR) is 82.2 cm³/mol. The molecule has 0 aromatic rings. The number of nitrogens with zero attached hydrogens (tertiary/aromatic N) is 1. The molecule has 3 atom stereocenters. The molecule has 0 radical (unpaired) electrons. The largest absolute Gasteiger partial charge is 0.366 e. The van der Waals surface area contributed by atoms with Gasteiger partial charge in [0.1, 0.15) is 6.10 Å². The first-order chi connectivity index (χ1) is 8.72. The van der Waals surface area contributed by atoms with Crippen molar-refractivity contribution in [2.45, 2.75) is 43.6 Å². The summed E-state index contributed by atoms with van der Waals surface area (Å²) in [6.07, 6.45) is 3.24. The van der Waals surface area contributed by atoms with Crippen LogP contribution in [0.25, 0.3) is 0 Å². The number of hydrogen-bond acceptors (Lipinski definition) is 4. The van der Waals surface area contributed by atoms with Crippen molar-refractivity contribution in [2.24, 2.45) is 0 Å². The Labute approximate surface area is 126 Å². The van der Waals surface area contributed by atoms with E-state index in [9.17, 15) is 4.79 Å². The van der Waals surface area contributed by atoms with Crippen molar-refractivity contribution < 1.29 is 9.53 Å². The lowest BCUT2D eigenvalue weighted by atomic mass is 10.2. The molecule has 1 amide bonds. The van der Waals surface area contributed by atoms with E-state index in [2.05, 4.69) is 12.2 Å². The van der Waals surface area contributed by atoms with Crippen LogP contribution in [-0.4, -0.2) is 60.7 Å². The molecule has 2 fully saturated rings. The summed E-state index contributed by atoms with van der Waals surface area (Å²) in [5.74, 6) is 1.32. The number of morpholine rings is 1. The van der Waals surface area contributed by atoms with Crippen molar-refractivity contribution in [2.75, 3.05) is 32.5 Å². The van der Waals surface area contributed by atoms with Crippen molar-refractivity contribution in [1.29, 1.82) is 0 Å². The quantitative estimate of drug-likeness (QED) is 0.855. The Bertz CT molecular complexity index is 288. The van der Waals surface area contributed by atoms with Crippen molar-refractivity contribution in [3.8, 4) is 0 Å². The molecule has 1 aliphatic carbocycles. The summed E-state index contributed by atoms with van der Waals surface area (Å²) in [5.41, 5.74) is 0. The number of thioether (sulfide) groups is 1. The van der Waals surface area contributed by atoms with Gasteiger partial charge >= 0.3 is 0 Å². The molecule has 1 saturated carbocycles. The third kappa shape index (κ3) is 4.52. The maximum atomic E-state index is 12.3. The van der Waals surface area contributed by atoms with E-state index in [0.29, 0.717) is 19.2 Å². The summed E-state index contributed by atoms with van der Waals surface area (Å²) in [6, 6.07) is 0.409. The highest BCUT2D eigenvalue weighted by molar-refractivity contribution is 7.99. The monoisotopic (exact) mass is 308 g/mol. The summed E-state index contributed by atoms with van der Waals surface area (Å²) >= 11 is 2.03. The highest BCUT2D eigenvalue weighted by Crippen LogP contribution is 2.32. The second-order valence-corrected chi connectivity index (χ2v) is 6.63. The van der Waals surface area contributed by atoms with Crippen molar-refractivity contribution in [3.05, 3.63) is 0 Å². The number of hydrogen-bond donors (Lipinski definition) is 1. The van der Waals surface area contributed by atoms with Crippen LogP contribution in [0.15, 0.2) is 0 Å². The summed E-state index contributed by atoms with van der Waals surface area (Å²) in [6.45, 7) is 4.35. The van der Waals surface area contributed by atoms with Crippen LogP contribution in [0, 0.1) is 0 Å². The molecular formula is C13H25ClN2O2S. The van der Waals surface area contributed by atoms with E-state index in [0.717, 1.165) is 24.6 Å². The molecule has 1 heterocycles. The van der Waals surface area contributed by atoms with Gasteiger partial charge in [0.15, 0.2) is 0 Å². The molecule has 3 unspecified atom stereocenters. The van der Waals surface area contributed by atoms with Crippen LogP contribution in [0.3, 0.4) is 0 Å². The van der Waals surface area contributed by atoms with Gasteiger partial charge in [-0.15, -0.1) is 12.4 Å². The Kier molecular flexibility index (Phi) is 7.50. The first-order valence-corrected chi connectivity index (χ1v) is 7.97. The Hall–Kier alpha value is 0.0300. The van der Waals surface area contributed by atoms with E-state index < -0.39 is 0 Å². The molecular weight excluding hydrogens is 284 g/mol. The Morgan fingerprint density at radius 1 is 1.47 bits per heavy atom. The molecule has 2 aliphatic rings. The number of halogens is 1. The highest BCUT2D eigenvalue weighted by Gasteiger charge is 2.33. The number of amides is 1. The third-order valence-electron chi connectivity index (χ3n) is 3.86. The van der Waals surface area contributed by atoms with Gasteiger partial charge in [-0.1, -0.05) is 6.92 Å². The normalized spacial score (nSPS) is 30.7. The van der Waals surface area contributed by atoms with Crippen LogP contribution in [-0.2, 0) is 9.53 Å². The van der Waals surface area contributed by atoms with Gasteiger partial charge in [0.05, 0.1) is 6.61 Å². The highest BCUT2D eigenvalue weighted by atomic mass is 35.5. The van der Waals surface area contributed by atoms with E-state index >= 15 is 0 Å². The summed E-state index contributed by atoms with van der Waals surface area (Å²) in [5, 5.41) is 3.95. The molecule has 0 aromatic carbocycles. The predicted octanol–water partition coefficient (Wildman–Crippen LogP) is 1.53. The van der Waals surface area contributed by atoms with Gasteiger partial charge in [0.2, 0.25) is 0 Å². The summed E-state index contributed by atoms with van der Waals surface area (Å²) in [4.78, 5) is 14.2. The van der Waals surface area contributed by atoms with Gasteiger partial charge in [-0.05, 0) is 25.0 Å².